The predicted octanol–water partition coefficient (Wildman–Crippen LogP) is 4.81. The van der Waals surface area contributed by atoms with Gasteiger partial charge in [0.2, 0.25) is 0 Å². The molecule has 0 heterocycles. The molecule has 5 nitrogen and oxygen atoms in total. The van der Waals surface area contributed by atoms with Crippen LogP contribution in [0, 0.1) is 45.8 Å². The number of hydrogen-bond acceptors (Lipinski definition) is 5. The summed E-state index contributed by atoms with van der Waals surface area (Å²) >= 11 is 0. The third-order valence-corrected chi connectivity index (χ3v) is 7.43. The van der Waals surface area contributed by atoms with Crippen molar-refractivity contribution in [1.82, 2.24) is 0 Å². The Kier molecular flexibility index (Phi) is 6.41. The molecule has 0 N–H and O–H groups in total. The first-order valence-electron chi connectivity index (χ1n) is 11.0. The third-order valence-electron chi connectivity index (χ3n) is 7.43. The molecule has 0 amide bonds. The lowest BCUT2D eigenvalue weighted by molar-refractivity contribution is -0.163. The van der Waals surface area contributed by atoms with Crippen molar-refractivity contribution in [3.8, 4) is 6.07 Å². The van der Waals surface area contributed by atoms with Crippen LogP contribution in [0.3, 0.4) is 0 Å². The van der Waals surface area contributed by atoms with Crippen molar-refractivity contribution in [2.75, 3.05) is 13.2 Å². The van der Waals surface area contributed by atoms with Crippen LogP contribution in [0.1, 0.15) is 72.1 Å². The maximum Gasteiger partial charge on any atom is 0.333 e. The summed E-state index contributed by atoms with van der Waals surface area (Å²) in [5, 5.41) is 8.92. The van der Waals surface area contributed by atoms with E-state index in [1.54, 1.807) is 6.92 Å². The van der Waals surface area contributed by atoms with Gasteiger partial charge in [-0.05, 0) is 74.5 Å². The molecule has 4 fully saturated rings. The Morgan fingerprint density at radius 3 is 2.41 bits per heavy atom. The lowest BCUT2D eigenvalue weighted by Gasteiger charge is -2.61. The zero-order valence-electron chi connectivity index (χ0n) is 18.2. The van der Waals surface area contributed by atoms with Gasteiger partial charge in [0.15, 0.2) is 0 Å². The van der Waals surface area contributed by atoms with Gasteiger partial charge in [-0.25, -0.2) is 4.79 Å². The number of carbonyl (C=O) groups excluding carboxylic acids is 2. The summed E-state index contributed by atoms with van der Waals surface area (Å²) in [6, 6.07) is 2.16. The molecule has 0 radical (unpaired) electrons. The largest absolute Gasteiger partial charge is 0.465 e. The average molecular weight is 402 g/mol. The van der Waals surface area contributed by atoms with E-state index in [9.17, 15) is 9.59 Å². The van der Waals surface area contributed by atoms with Crippen LogP contribution >= 0.6 is 0 Å². The number of nitrogens with zero attached hydrogens (tertiary/aromatic N) is 1. The van der Waals surface area contributed by atoms with Crippen LogP contribution in [-0.4, -0.2) is 25.2 Å². The van der Waals surface area contributed by atoms with E-state index >= 15 is 0 Å². The summed E-state index contributed by atoms with van der Waals surface area (Å²) in [4.78, 5) is 24.5. The van der Waals surface area contributed by atoms with E-state index in [0.29, 0.717) is 36.9 Å². The monoisotopic (exact) mass is 401 g/mol. The highest BCUT2D eigenvalue weighted by atomic mass is 16.5. The second kappa shape index (κ2) is 8.50. The van der Waals surface area contributed by atoms with E-state index in [4.69, 9.17) is 14.7 Å². The highest BCUT2D eigenvalue weighted by Gasteiger charge is 2.57. The second-order valence-electron chi connectivity index (χ2n) is 10.6. The molecule has 3 unspecified atom stereocenters. The van der Waals surface area contributed by atoms with Gasteiger partial charge in [-0.2, -0.15) is 5.26 Å². The molecule has 4 rings (SSSR count). The molecule has 5 heteroatoms. The molecule has 0 aromatic heterocycles. The van der Waals surface area contributed by atoms with E-state index in [1.165, 1.54) is 19.3 Å². The van der Waals surface area contributed by atoms with E-state index < -0.39 is 0 Å². The standard InChI is InChI=1S/C24H35NO4/c1-16(2)22(27)28-8-6-24-13-17-9-18(14-24)11-19(10-17)20(24)12-21(26)29-15-23(3,4)5-7-25/h17-20H,1,5-6,8-15H2,2-4H3. The summed E-state index contributed by atoms with van der Waals surface area (Å²) in [5.41, 5.74) is 0.199. The Hall–Kier alpha value is -1.83. The predicted molar refractivity (Wildman–Crippen MR) is 109 cm³/mol. The van der Waals surface area contributed by atoms with Crippen molar-refractivity contribution in [1.29, 1.82) is 5.26 Å². The third kappa shape index (κ3) is 5.02. The van der Waals surface area contributed by atoms with Crippen molar-refractivity contribution in [3.63, 3.8) is 0 Å². The molecular formula is C24H35NO4. The molecule has 0 aliphatic heterocycles. The number of carbonyl (C=O) groups is 2. The molecule has 0 aromatic carbocycles. The number of hydrogen-bond donors (Lipinski definition) is 0. The topological polar surface area (TPSA) is 76.4 Å². The minimum absolute atomic E-state index is 0.0886. The first-order chi connectivity index (χ1) is 13.6. The summed E-state index contributed by atoms with van der Waals surface area (Å²) in [6.07, 6.45) is 7.69. The summed E-state index contributed by atoms with van der Waals surface area (Å²) in [7, 11) is 0. The van der Waals surface area contributed by atoms with Gasteiger partial charge in [-0.3, -0.25) is 4.79 Å². The van der Waals surface area contributed by atoms with E-state index in [1.807, 2.05) is 13.8 Å². The summed E-state index contributed by atoms with van der Waals surface area (Å²) in [5.74, 6) is 1.93. The average Bonchev–Trinajstić information content (AvgIpc) is 2.62. The van der Waals surface area contributed by atoms with Gasteiger partial charge < -0.3 is 9.47 Å². The molecule has 4 bridgehead atoms. The Morgan fingerprint density at radius 2 is 1.83 bits per heavy atom. The molecule has 0 spiro atoms. The smallest absolute Gasteiger partial charge is 0.333 e. The zero-order chi connectivity index (χ0) is 21.2. The maximum atomic E-state index is 12.7. The van der Waals surface area contributed by atoms with Gasteiger partial charge in [-0.1, -0.05) is 20.4 Å². The minimum Gasteiger partial charge on any atom is -0.465 e. The van der Waals surface area contributed by atoms with Gasteiger partial charge in [0.25, 0.3) is 0 Å². The summed E-state index contributed by atoms with van der Waals surface area (Å²) in [6.45, 7) is 9.90. The van der Waals surface area contributed by atoms with Crippen molar-refractivity contribution < 1.29 is 19.1 Å². The molecule has 3 atom stereocenters. The van der Waals surface area contributed by atoms with Crippen molar-refractivity contribution in [3.05, 3.63) is 12.2 Å². The van der Waals surface area contributed by atoms with Crippen LogP contribution in [0.5, 0.6) is 0 Å². The molecule has 29 heavy (non-hydrogen) atoms. The van der Waals surface area contributed by atoms with Gasteiger partial charge in [0.1, 0.15) is 0 Å². The van der Waals surface area contributed by atoms with Crippen LogP contribution < -0.4 is 0 Å². The second-order valence-corrected chi connectivity index (χ2v) is 10.6. The van der Waals surface area contributed by atoms with Crippen molar-refractivity contribution in [2.24, 2.45) is 34.5 Å². The fourth-order valence-corrected chi connectivity index (χ4v) is 6.34. The molecule has 0 aromatic rings. The van der Waals surface area contributed by atoms with Gasteiger partial charge in [0, 0.05) is 23.8 Å². The van der Waals surface area contributed by atoms with Crippen LogP contribution in [0.15, 0.2) is 12.2 Å². The van der Waals surface area contributed by atoms with Crippen LogP contribution in [0.2, 0.25) is 0 Å². The Morgan fingerprint density at radius 1 is 1.17 bits per heavy atom. The Balaban J connectivity index is 1.63. The zero-order valence-corrected chi connectivity index (χ0v) is 18.2. The fourth-order valence-electron chi connectivity index (χ4n) is 6.34. The van der Waals surface area contributed by atoms with Gasteiger partial charge in [-0.15, -0.1) is 0 Å². The number of ether oxygens (including phenoxy) is 2. The van der Waals surface area contributed by atoms with E-state index in [0.717, 1.165) is 31.1 Å². The van der Waals surface area contributed by atoms with Crippen molar-refractivity contribution in [2.45, 2.75) is 72.1 Å². The van der Waals surface area contributed by atoms with Crippen LogP contribution in [0.25, 0.3) is 0 Å². The Bertz CT molecular complexity index is 690. The first-order valence-corrected chi connectivity index (χ1v) is 11.0. The SMILES string of the molecule is C=C(C)C(=O)OCCC12CC3CC(CC(C3)C1CC(=O)OCC(C)(C)CC#N)C2. The molecule has 4 saturated carbocycles. The normalized spacial score (nSPS) is 32.5. The molecule has 160 valence electrons. The van der Waals surface area contributed by atoms with E-state index in [2.05, 4.69) is 12.6 Å². The number of rotatable bonds is 9. The van der Waals surface area contributed by atoms with Crippen LogP contribution in [-0.2, 0) is 19.1 Å². The molecule has 0 saturated heterocycles. The molecule has 4 aliphatic carbocycles. The van der Waals surface area contributed by atoms with Gasteiger partial charge >= 0.3 is 11.9 Å². The first kappa shape index (κ1) is 21.9. The fraction of sp³-hybridized carbons (Fsp3) is 0.792. The van der Waals surface area contributed by atoms with Crippen molar-refractivity contribution >= 4 is 11.9 Å². The highest BCUT2D eigenvalue weighted by molar-refractivity contribution is 5.86. The van der Waals surface area contributed by atoms with Crippen LogP contribution in [0.4, 0.5) is 0 Å². The molecular weight excluding hydrogens is 366 g/mol. The Labute approximate surface area is 174 Å². The summed E-state index contributed by atoms with van der Waals surface area (Å²) < 4.78 is 11.0. The molecule has 4 aliphatic rings. The maximum absolute atomic E-state index is 12.7. The van der Waals surface area contributed by atoms with E-state index in [-0.39, 0.29) is 29.4 Å². The van der Waals surface area contributed by atoms with Gasteiger partial charge in [0.05, 0.1) is 19.3 Å². The lowest BCUT2D eigenvalue weighted by atomic mass is 9.44. The number of nitriles is 1. The number of esters is 2. The quantitative estimate of drug-likeness (QED) is 0.409. The highest BCUT2D eigenvalue weighted by Crippen LogP contribution is 2.65. The lowest BCUT2D eigenvalue weighted by Crippen LogP contribution is -2.53. The minimum atomic E-state index is -0.328.